The molecule has 0 spiro atoms. The van der Waals surface area contributed by atoms with E-state index in [0.717, 1.165) is 27.2 Å². The van der Waals surface area contributed by atoms with E-state index in [-0.39, 0.29) is 19.2 Å². The van der Waals surface area contributed by atoms with Crippen LogP contribution in [0, 0.1) is 0 Å². The molecule has 0 amide bonds. The maximum absolute atomic E-state index is 6.33. The lowest BCUT2D eigenvalue weighted by Crippen LogP contribution is -2.34. The van der Waals surface area contributed by atoms with Gasteiger partial charge >= 0.3 is 6.01 Å². The number of anilines is 1. The predicted molar refractivity (Wildman–Crippen MR) is 139 cm³/mol. The number of rotatable bonds is 9. The Kier molecular flexibility index (Phi) is 6.77. The Morgan fingerprint density at radius 3 is 2.35 bits per heavy atom. The van der Waals surface area contributed by atoms with Crippen LogP contribution in [0.25, 0.3) is 32.9 Å². The van der Waals surface area contributed by atoms with E-state index in [2.05, 4.69) is 24.9 Å². The number of ether oxygens (including phenoxy) is 4. The van der Waals surface area contributed by atoms with Crippen LogP contribution < -0.4 is 30.4 Å². The molecule has 1 atom stereocenters. The standard InChI is InChI=1S/C26H25N7O4/c1-34-23-8-19-18-7-21(33-25(28)20(18)12-32-22(19)9-24(23)35-2)15-6-17(11-29-10-15)36-13-16(27)14-37-26-30-4-3-5-31-26/h3-12,16H,13-14,27H2,1-2H3,(H2,28,33)/t16-/m1/s1. The van der Waals surface area contributed by atoms with Gasteiger partial charge in [-0.25, -0.2) is 15.0 Å². The molecule has 11 heteroatoms. The highest BCUT2D eigenvalue weighted by atomic mass is 16.5. The second-order valence-electron chi connectivity index (χ2n) is 8.16. The molecule has 1 aromatic carbocycles. The Morgan fingerprint density at radius 2 is 1.57 bits per heavy atom. The van der Waals surface area contributed by atoms with Crippen molar-refractivity contribution in [1.82, 2.24) is 24.9 Å². The first-order chi connectivity index (χ1) is 18.1. The smallest absolute Gasteiger partial charge is 0.316 e. The molecule has 0 saturated heterocycles. The normalized spacial score (nSPS) is 11.9. The fourth-order valence-corrected chi connectivity index (χ4v) is 3.84. The average molecular weight is 500 g/mol. The Labute approximate surface area is 212 Å². The SMILES string of the molecule is COc1cc2ncc3c(N)nc(-c4cncc(OC[C@@H](N)COc5ncccn5)c4)cc3c2cc1OC. The van der Waals surface area contributed by atoms with E-state index >= 15 is 0 Å². The third kappa shape index (κ3) is 5.11. The maximum Gasteiger partial charge on any atom is 0.316 e. The van der Waals surface area contributed by atoms with Crippen molar-refractivity contribution < 1.29 is 18.9 Å². The number of nitrogens with zero attached hydrogens (tertiary/aromatic N) is 5. The van der Waals surface area contributed by atoms with Gasteiger partial charge < -0.3 is 30.4 Å². The Hall–Kier alpha value is -4.77. The molecule has 0 fully saturated rings. The second kappa shape index (κ2) is 10.5. The zero-order chi connectivity index (χ0) is 25.8. The van der Waals surface area contributed by atoms with Gasteiger partial charge in [-0.15, -0.1) is 0 Å². The molecule has 37 heavy (non-hydrogen) atoms. The van der Waals surface area contributed by atoms with Crippen molar-refractivity contribution in [3.63, 3.8) is 0 Å². The summed E-state index contributed by atoms with van der Waals surface area (Å²) in [6, 6.07) is 9.07. The molecule has 5 rings (SSSR count). The molecule has 4 aromatic heterocycles. The quantitative estimate of drug-likeness (QED) is 0.288. The van der Waals surface area contributed by atoms with Gasteiger partial charge in [0.1, 0.15) is 24.8 Å². The lowest BCUT2D eigenvalue weighted by molar-refractivity contribution is 0.210. The number of fused-ring (bicyclic) bond motifs is 3. The molecular weight excluding hydrogens is 474 g/mol. The monoisotopic (exact) mass is 499 g/mol. The van der Waals surface area contributed by atoms with Crippen molar-refractivity contribution in [1.29, 1.82) is 0 Å². The van der Waals surface area contributed by atoms with Crippen molar-refractivity contribution in [3.8, 4) is 34.5 Å². The molecule has 0 radical (unpaired) electrons. The zero-order valence-electron chi connectivity index (χ0n) is 20.3. The summed E-state index contributed by atoms with van der Waals surface area (Å²) in [5.41, 5.74) is 14.6. The zero-order valence-corrected chi connectivity index (χ0v) is 20.3. The van der Waals surface area contributed by atoms with Crippen LogP contribution in [0.15, 0.2) is 61.3 Å². The third-order valence-corrected chi connectivity index (χ3v) is 5.65. The fourth-order valence-electron chi connectivity index (χ4n) is 3.84. The van der Waals surface area contributed by atoms with Gasteiger partial charge in [0.15, 0.2) is 11.5 Å². The lowest BCUT2D eigenvalue weighted by Gasteiger charge is -2.14. The van der Waals surface area contributed by atoms with Gasteiger partial charge in [-0.2, -0.15) is 0 Å². The van der Waals surface area contributed by atoms with Gasteiger partial charge in [-0.3, -0.25) is 9.97 Å². The minimum absolute atomic E-state index is 0.204. The van der Waals surface area contributed by atoms with E-state index in [4.69, 9.17) is 30.4 Å². The summed E-state index contributed by atoms with van der Waals surface area (Å²) >= 11 is 0. The van der Waals surface area contributed by atoms with Crippen LogP contribution >= 0.6 is 0 Å². The molecule has 0 unspecified atom stereocenters. The van der Waals surface area contributed by atoms with Crippen molar-refractivity contribution in [2.45, 2.75) is 6.04 Å². The molecule has 0 aliphatic heterocycles. The first-order valence-corrected chi connectivity index (χ1v) is 11.4. The van der Waals surface area contributed by atoms with Crippen LogP contribution in [0.4, 0.5) is 5.82 Å². The van der Waals surface area contributed by atoms with Crippen LogP contribution in [-0.4, -0.2) is 58.4 Å². The van der Waals surface area contributed by atoms with Crippen LogP contribution in [-0.2, 0) is 0 Å². The Balaban J connectivity index is 1.40. The van der Waals surface area contributed by atoms with Gasteiger partial charge in [0, 0.05) is 47.2 Å². The van der Waals surface area contributed by atoms with E-state index in [0.29, 0.717) is 28.8 Å². The van der Waals surface area contributed by atoms with Gasteiger partial charge in [-0.05, 0) is 29.7 Å². The Morgan fingerprint density at radius 1 is 0.811 bits per heavy atom. The summed E-state index contributed by atoms with van der Waals surface area (Å²) in [5.74, 6) is 2.08. The maximum atomic E-state index is 6.33. The number of hydrogen-bond acceptors (Lipinski definition) is 11. The molecule has 4 N–H and O–H groups in total. The summed E-state index contributed by atoms with van der Waals surface area (Å²) in [5, 5.41) is 2.47. The van der Waals surface area contributed by atoms with Crippen LogP contribution in [0.1, 0.15) is 0 Å². The molecule has 0 saturated carbocycles. The second-order valence-corrected chi connectivity index (χ2v) is 8.16. The van der Waals surface area contributed by atoms with Crippen molar-refractivity contribution in [2.75, 3.05) is 33.2 Å². The van der Waals surface area contributed by atoms with Crippen molar-refractivity contribution in [3.05, 3.63) is 61.3 Å². The van der Waals surface area contributed by atoms with E-state index in [9.17, 15) is 0 Å². The number of nitrogen functional groups attached to an aromatic ring is 1. The average Bonchev–Trinajstić information content (AvgIpc) is 2.94. The molecule has 188 valence electrons. The molecule has 4 heterocycles. The number of benzene rings is 1. The minimum atomic E-state index is -0.396. The van der Waals surface area contributed by atoms with Gasteiger partial charge in [0.05, 0.1) is 37.7 Å². The number of hydrogen-bond donors (Lipinski definition) is 2. The number of nitrogens with two attached hydrogens (primary N) is 2. The fraction of sp³-hybridized carbons (Fsp3) is 0.192. The van der Waals surface area contributed by atoms with Crippen LogP contribution in [0.3, 0.4) is 0 Å². The third-order valence-electron chi connectivity index (χ3n) is 5.65. The summed E-state index contributed by atoms with van der Waals surface area (Å²) in [4.78, 5) is 21.4. The van der Waals surface area contributed by atoms with Crippen LogP contribution in [0.2, 0.25) is 0 Å². The molecule has 0 bridgehead atoms. The summed E-state index contributed by atoms with van der Waals surface area (Å²) < 4.78 is 22.2. The molecule has 11 nitrogen and oxygen atoms in total. The first kappa shape index (κ1) is 23.9. The van der Waals surface area contributed by atoms with Crippen molar-refractivity contribution in [2.24, 2.45) is 5.73 Å². The largest absolute Gasteiger partial charge is 0.493 e. The van der Waals surface area contributed by atoms with E-state index in [1.807, 2.05) is 24.3 Å². The predicted octanol–water partition coefficient (Wildman–Crippen LogP) is 3.02. The van der Waals surface area contributed by atoms with Gasteiger partial charge in [-0.1, -0.05) is 0 Å². The number of pyridine rings is 3. The van der Waals surface area contributed by atoms with E-state index in [1.165, 1.54) is 0 Å². The molecule has 0 aliphatic rings. The van der Waals surface area contributed by atoms with E-state index < -0.39 is 6.04 Å². The first-order valence-electron chi connectivity index (χ1n) is 11.4. The van der Waals surface area contributed by atoms with Crippen LogP contribution in [0.5, 0.6) is 23.3 Å². The Bertz CT molecular complexity index is 1550. The summed E-state index contributed by atoms with van der Waals surface area (Å²) in [6.07, 6.45) is 8.21. The molecular formula is C26H25N7O4. The highest BCUT2D eigenvalue weighted by Gasteiger charge is 2.14. The van der Waals surface area contributed by atoms with Gasteiger partial charge in [0.25, 0.3) is 0 Å². The molecule has 0 aliphatic carbocycles. The highest BCUT2D eigenvalue weighted by molar-refractivity contribution is 6.10. The summed E-state index contributed by atoms with van der Waals surface area (Å²) in [7, 11) is 3.18. The summed E-state index contributed by atoms with van der Waals surface area (Å²) in [6.45, 7) is 0.415. The van der Waals surface area contributed by atoms with E-state index in [1.54, 1.807) is 51.3 Å². The lowest BCUT2D eigenvalue weighted by atomic mass is 10.0. The van der Waals surface area contributed by atoms with Gasteiger partial charge in [0.2, 0.25) is 0 Å². The van der Waals surface area contributed by atoms with Crippen molar-refractivity contribution >= 4 is 27.5 Å². The molecule has 5 aromatic rings. The highest BCUT2D eigenvalue weighted by Crippen LogP contribution is 2.37. The minimum Gasteiger partial charge on any atom is -0.493 e. The number of aromatic nitrogens is 5. The number of methoxy groups -OCH3 is 2. The topological polar surface area (TPSA) is 153 Å².